The normalized spacial score (nSPS) is 11.3. The Morgan fingerprint density at radius 2 is 2.12 bits per heavy atom. The zero-order valence-electron chi connectivity index (χ0n) is 14.2. The second-order valence-corrected chi connectivity index (χ2v) is 5.95. The van der Waals surface area contributed by atoms with Crippen LogP contribution in [0.5, 0.6) is 0 Å². The zero-order chi connectivity index (χ0) is 17.6. The molecule has 1 N–H and O–H groups in total. The Bertz CT molecular complexity index is 1110. The van der Waals surface area contributed by atoms with Crippen LogP contribution in [0.25, 0.3) is 16.7 Å². The maximum Gasteiger partial charge on any atom is 0.252 e. The van der Waals surface area contributed by atoms with Crippen LogP contribution in [0.3, 0.4) is 0 Å². The Labute approximate surface area is 143 Å². The van der Waals surface area contributed by atoms with E-state index in [1.165, 1.54) is 6.33 Å². The van der Waals surface area contributed by atoms with E-state index in [1.54, 1.807) is 15.3 Å². The molecule has 0 saturated heterocycles. The van der Waals surface area contributed by atoms with Crippen molar-refractivity contribution in [1.29, 1.82) is 0 Å². The number of hydrogen-bond acceptors (Lipinski definition) is 5. The molecule has 0 aromatic carbocycles. The highest BCUT2D eigenvalue weighted by Gasteiger charge is 2.17. The number of hydrogen-bond donors (Lipinski definition) is 1. The van der Waals surface area contributed by atoms with Crippen molar-refractivity contribution in [1.82, 2.24) is 34.7 Å². The summed E-state index contributed by atoms with van der Waals surface area (Å²) in [4.78, 5) is 21.4. The van der Waals surface area contributed by atoms with Crippen molar-refractivity contribution in [2.45, 2.75) is 20.4 Å². The minimum atomic E-state index is -0.163. The molecule has 4 heterocycles. The molecular weight excluding hydrogens is 318 g/mol. The van der Waals surface area contributed by atoms with E-state index in [0.717, 1.165) is 28.1 Å². The maximum absolute atomic E-state index is 12.8. The second-order valence-electron chi connectivity index (χ2n) is 5.95. The standard InChI is InChI=1S/C17H17N7O/c1-10-7-13(15-11(2)22-23(3)16(15)21-10)17(25)18-8-12-5-4-6-14-19-9-20-24(12)14/h4-7,9H,8H2,1-3H3,(H,18,25). The number of aromatic nitrogens is 6. The van der Waals surface area contributed by atoms with E-state index in [2.05, 4.69) is 25.5 Å². The predicted octanol–water partition coefficient (Wildman–Crippen LogP) is 1.56. The summed E-state index contributed by atoms with van der Waals surface area (Å²) in [6, 6.07) is 7.46. The quantitative estimate of drug-likeness (QED) is 0.613. The molecule has 126 valence electrons. The molecular formula is C17H17N7O. The Hall–Kier alpha value is -3.29. The molecule has 0 saturated carbocycles. The second kappa shape index (κ2) is 5.66. The number of nitrogens with one attached hydrogen (secondary N) is 1. The van der Waals surface area contributed by atoms with Crippen molar-refractivity contribution >= 4 is 22.6 Å². The summed E-state index contributed by atoms with van der Waals surface area (Å²) in [5, 5.41) is 12.3. The molecule has 1 amide bonds. The van der Waals surface area contributed by atoms with Gasteiger partial charge in [0.15, 0.2) is 11.3 Å². The van der Waals surface area contributed by atoms with Crippen LogP contribution in [0.4, 0.5) is 0 Å². The number of amides is 1. The zero-order valence-corrected chi connectivity index (χ0v) is 14.2. The molecule has 0 atom stereocenters. The lowest BCUT2D eigenvalue weighted by Gasteiger charge is -2.09. The number of carbonyl (C=O) groups is 1. The highest BCUT2D eigenvalue weighted by molar-refractivity contribution is 6.06. The number of fused-ring (bicyclic) bond motifs is 2. The van der Waals surface area contributed by atoms with Gasteiger partial charge in [-0.1, -0.05) is 6.07 Å². The molecule has 0 aliphatic heterocycles. The van der Waals surface area contributed by atoms with E-state index in [9.17, 15) is 4.79 Å². The summed E-state index contributed by atoms with van der Waals surface area (Å²) in [7, 11) is 1.83. The molecule has 0 fully saturated rings. The van der Waals surface area contributed by atoms with Crippen molar-refractivity contribution in [2.24, 2.45) is 7.05 Å². The van der Waals surface area contributed by atoms with Gasteiger partial charge < -0.3 is 5.32 Å². The van der Waals surface area contributed by atoms with Crippen LogP contribution in [0.15, 0.2) is 30.6 Å². The summed E-state index contributed by atoms with van der Waals surface area (Å²) < 4.78 is 3.41. The summed E-state index contributed by atoms with van der Waals surface area (Å²) in [5.41, 5.74) is 4.46. The van der Waals surface area contributed by atoms with E-state index >= 15 is 0 Å². The first-order valence-corrected chi connectivity index (χ1v) is 7.91. The first-order chi connectivity index (χ1) is 12.0. The van der Waals surface area contributed by atoms with Gasteiger partial charge in [-0.15, -0.1) is 0 Å². The molecule has 0 unspecified atom stereocenters. The van der Waals surface area contributed by atoms with Crippen molar-refractivity contribution in [3.63, 3.8) is 0 Å². The minimum absolute atomic E-state index is 0.163. The van der Waals surface area contributed by atoms with Crippen molar-refractivity contribution in [3.05, 3.63) is 53.2 Å². The molecule has 0 spiro atoms. The fourth-order valence-corrected chi connectivity index (χ4v) is 3.05. The molecule has 25 heavy (non-hydrogen) atoms. The van der Waals surface area contributed by atoms with Gasteiger partial charge in [-0.05, 0) is 32.0 Å². The van der Waals surface area contributed by atoms with Gasteiger partial charge in [-0.25, -0.2) is 14.5 Å². The van der Waals surface area contributed by atoms with Gasteiger partial charge in [0.1, 0.15) is 6.33 Å². The molecule has 4 rings (SSSR count). The molecule has 4 aromatic rings. The molecule has 4 aromatic heterocycles. The molecule has 8 nitrogen and oxygen atoms in total. The van der Waals surface area contributed by atoms with Crippen LogP contribution in [0.1, 0.15) is 27.4 Å². The van der Waals surface area contributed by atoms with E-state index < -0.39 is 0 Å². The van der Waals surface area contributed by atoms with Crippen LogP contribution in [-0.4, -0.2) is 35.3 Å². The molecule has 0 aliphatic carbocycles. The smallest absolute Gasteiger partial charge is 0.252 e. The van der Waals surface area contributed by atoms with Gasteiger partial charge >= 0.3 is 0 Å². The SMILES string of the molecule is Cc1cc(C(=O)NCc2cccc3ncnn23)c2c(C)nn(C)c2n1. The van der Waals surface area contributed by atoms with Crippen LogP contribution >= 0.6 is 0 Å². The fourth-order valence-electron chi connectivity index (χ4n) is 3.05. The van der Waals surface area contributed by atoms with Gasteiger partial charge in [0.25, 0.3) is 5.91 Å². The average molecular weight is 335 g/mol. The average Bonchev–Trinajstić information content (AvgIpc) is 3.17. The fraction of sp³-hybridized carbons (Fsp3) is 0.235. The van der Waals surface area contributed by atoms with Gasteiger partial charge in [0.05, 0.1) is 28.9 Å². The Morgan fingerprint density at radius 1 is 1.28 bits per heavy atom. The van der Waals surface area contributed by atoms with Crippen molar-refractivity contribution < 1.29 is 4.79 Å². The highest BCUT2D eigenvalue weighted by atomic mass is 16.1. The number of rotatable bonds is 3. The summed E-state index contributed by atoms with van der Waals surface area (Å²) >= 11 is 0. The van der Waals surface area contributed by atoms with E-state index in [1.807, 2.05) is 39.1 Å². The third-order valence-corrected chi connectivity index (χ3v) is 4.15. The molecule has 0 aliphatic rings. The van der Waals surface area contributed by atoms with Crippen molar-refractivity contribution in [2.75, 3.05) is 0 Å². The van der Waals surface area contributed by atoms with E-state index in [-0.39, 0.29) is 5.91 Å². The van der Waals surface area contributed by atoms with Crippen molar-refractivity contribution in [3.8, 4) is 0 Å². The minimum Gasteiger partial charge on any atom is -0.346 e. The predicted molar refractivity (Wildman–Crippen MR) is 92.1 cm³/mol. The first kappa shape index (κ1) is 15.3. The monoisotopic (exact) mass is 335 g/mol. The Kier molecular flexibility index (Phi) is 3.45. The van der Waals surface area contributed by atoms with Gasteiger partial charge in [-0.3, -0.25) is 9.48 Å². The lowest BCUT2D eigenvalue weighted by molar-refractivity contribution is 0.0951. The van der Waals surface area contributed by atoms with E-state index in [0.29, 0.717) is 17.8 Å². The summed E-state index contributed by atoms with van der Waals surface area (Å²) in [5.74, 6) is -0.163. The largest absolute Gasteiger partial charge is 0.346 e. The van der Waals surface area contributed by atoms with Crippen LogP contribution in [-0.2, 0) is 13.6 Å². The summed E-state index contributed by atoms with van der Waals surface area (Å²) in [6.45, 7) is 4.10. The highest BCUT2D eigenvalue weighted by Crippen LogP contribution is 2.21. The summed E-state index contributed by atoms with van der Waals surface area (Å²) in [6.07, 6.45) is 1.50. The van der Waals surface area contributed by atoms with Crippen LogP contribution < -0.4 is 5.32 Å². The van der Waals surface area contributed by atoms with Gasteiger partial charge in [0.2, 0.25) is 0 Å². The number of nitrogens with zero attached hydrogens (tertiary/aromatic N) is 6. The molecule has 8 heteroatoms. The van der Waals surface area contributed by atoms with Crippen LogP contribution in [0.2, 0.25) is 0 Å². The van der Waals surface area contributed by atoms with Crippen LogP contribution in [0, 0.1) is 13.8 Å². The Balaban J connectivity index is 1.68. The Morgan fingerprint density at radius 3 is 2.96 bits per heavy atom. The lowest BCUT2D eigenvalue weighted by atomic mass is 10.1. The van der Waals surface area contributed by atoms with Gasteiger partial charge in [0, 0.05) is 12.7 Å². The van der Waals surface area contributed by atoms with Gasteiger partial charge in [-0.2, -0.15) is 10.2 Å². The number of pyridine rings is 2. The maximum atomic E-state index is 12.8. The lowest BCUT2D eigenvalue weighted by Crippen LogP contribution is -2.24. The third-order valence-electron chi connectivity index (χ3n) is 4.15. The third kappa shape index (κ3) is 2.51. The number of carbonyl (C=O) groups excluding carboxylic acids is 1. The topological polar surface area (TPSA) is 90.0 Å². The van der Waals surface area contributed by atoms with E-state index in [4.69, 9.17) is 0 Å². The molecule has 0 radical (unpaired) electrons. The number of aryl methyl sites for hydroxylation is 3. The molecule has 0 bridgehead atoms. The first-order valence-electron chi connectivity index (χ1n) is 7.91.